The number of amides is 2. The molecule has 0 bridgehead atoms. The molecule has 0 unspecified atom stereocenters. The first-order valence-electron chi connectivity index (χ1n) is 3.65. The van der Waals surface area contributed by atoms with Gasteiger partial charge >= 0.3 is 6.09 Å². The van der Waals surface area contributed by atoms with Crippen LogP contribution < -0.4 is 5.32 Å². The molecular weight excluding hydrogens is 160 g/mol. The topological polar surface area (TPSA) is 69.6 Å². The Bertz CT molecular complexity index is 275. The molecule has 2 N–H and O–H groups in total. The molecule has 0 aromatic carbocycles. The van der Waals surface area contributed by atoms with Crippen LogP contribution in [0.5, 0.6) is 0 Å². The van der Waals surface area contributed by atoms with Gasteiger partial charge in [-0.25, -0.2) is 4.79 Å². The number of carbonyl (C=O) groups excluding carboxylic acids is 1. The van der Waals surface area contributed by atoms with E-state index in [4.69, 9.17) is 5.11 Å². The molecule has 0 aliphatic carbocycles. The maximum atomic E-state index is 10.8. The third-order valence-electron chi connectivity index (χ3n) is 2.09. The Morgan fingerprint density at radius 3 is 2.83 bits per heavy atom. The average molecular weight is 168 g/mol. The normalized spacial score (nSPS) is 21.3. The smallest absolute Gasteiger partial charge is 0.407 e. The lowest BCUT2D eigenvalue weighted by molar-refractivity contribution is -0.119. The molecule has 2 aliphatic rings. The van der Waals surface area contributed by atoms with Gasteiger partial charge in [0.05, 0.1) is 13.0 Å². The summed E-state index contributed by atoms with van der Waals surface area (Å²) in [6.45, 7) is 0.708. The summed E-state index contributed by atoms with van der Waals surface area (Å²) >= 11 is 0. The fourth-order valence-electron chi connectivity index (χ4n) is 1.52. The molecule has 0 saturated carbocycles. The van der Waals surface area contributed by atoms with Crippen LogP contribution in [-0.2, 0) is 4.79 Å². The Balaban J connectivity index is 2.08. The van der Waals surface area contributed by atoms with Crippen molar-refractivity contribution in [1.29, 1.82) is 0 Å². The van der Waals surface area contributed by atoms with Crippen molar-refractivity contribution in [3.05, 3.63) is 11.3 Å². The van der Waals surface area contributed by atoms with Crippen LogP contribution in [0.1, 0.15) is 6.42 Å². The summed E-state index contributed by atoms with van der Waals surface area (Å²) in [7, 11) is 0. The molecule has 0 radical (unpaired) electrons. The monoisotopic (exact) mass is 168 g/mol. The van der Waals surface area contributed by atoms with Crippen molar-refractivity contribution in [1.82, 2.24) is 10.2 Å². The van der Waals surface area contributed by atoms with Gasteiger partial charge in [0.25, 0.3) is 0 Å². The standard InChI is InChI=1S/C7H8N2O3/c10-6-1-4-2-9(7(11)12)3-5(4)8-6/h1-3H2,(H,8,10)(H,11,12). The van der Waals surface area contributed by atoms with Gasteiger partial charge < -0.3 is 10.4 Å². The molecule has 5 nitrogen and oxygen atoms in total. The minimum Gasteiger partial charge on any atom is -0.465 e. The second kappa shape index (κ2) is 2.23. The molecule has 64 valence electrons. The summed E-state index contributed by atoms with van der Waals surface area (Å²) in [4.78, 5) is 22.6. The summed E-state index contributed by atoms with van der Waals surface area (Å²) in [6.07, 6.45) is -0.572. The zero-order valence-electron chi connectivity index (χ0n) is 6.33. The van der Waals surface area contributed by atoms with E-state index in [2.05, 4.69) is 5.32 Å². The molecule has 0 saturated heterocycles. The van der Waals surface area contributed by atoms with Gasteiger partial charge in [0, 0.05) is 12.2 Å². The van der Waals surface area contributed by atoms with E-state index < -0.39 is 6.09 Å². The van der Waals surface area contributed by atoms with E-state index in [1.165, 1.54) is 4.90 Å². The number of hydrogen-bond acceptors (Lipinski definition) is 2. The minimum absolute atomic E-state index is 0.0231. The van der Waals surface area contributed by atoms with Crippen LogP contribution in [0, 0.1) is 0 Å². The van der Waals surface area contributed by atoms with Crippen LogP contribution in [-0.4, -0.2) is 35.1 Å². The molecular formula is C7H8N2O3. The number of hydrogen-bond donors (Lipinski definition) is 2. The van der Waals surface area contributed by atoms with Gasteiger partial charge in [0.15, 0.2) is 0 Å². The minimum atomic E-state index is -0.932. The first-order valence-corrected chi connectivity index (χ1v) is 3.65. The Morgan fingerprint density at radius 1 is 1.50 bits per heavy atom. The molecule has 0 fully saturated rings. The van der Waals surface area contributed by atoms with Crippen molar-refractivity contribution in [2.75, 3.05) is 13.1 Å². The van der Waals surface area contributed by atoms with Crippen LogP contribution >= 0.6 is 0 Å². The van der Waals surface area contributed by atoms with Gasteiger partial charge in [0.1, 0.15) is 0 Å². The summed E-state index contributed by atoms with van der Waals surface area (Å²) in [6, 6.07) is 0. The SMILES string of the molecule is O=C1CC2=C(CN(C(=O)O)C2)N1. The van der Waals surface area contributed by atoms with Crippen LogP contribution in [0.3, 0.4) is 0 Å². The summed E-state index contributed by atoms with van der Waals surface area (Å²) in [5, 5.41) is 11.3. The van der Waals surface area contributed by atoms with Crippen LogP contribution in [0.15, 0.2) is 11.3 Å². The molecule has 0 atom stereocenters. The van der Waals surface area contributed by atoms with Crippen molar-refractivity contribution < 1.29 is 14.7 Å². The van der Waals surface area contributed by atoms with Gasteiger partial charge in [0.2, 0.25) is 5.91 Å². The zero-order chi connectivity index (χ0) is 8.72. The lowest BCUT2D eigenvalue weighted by Gasteiger charge is -2.12. The van der Waals surface area contributed by atoms with Gasteiger partial charge in [-0.1, -0.05) is 0 Å². The average Bonchev–Trinajstić information content (AvgIpc) is 2.42. The van der Waals surface area contributed by atoms with Crippen molar-refractivity contribution in [2.24, 2.45) is 0 Å². The molecule has 2 amide bonds. The van der Waals surface area contributed by atoms with Crippen molar-refractivity contribution in [2.45, 2.75) is 6.42 Å². The number of nitrogens with one attached hydrogen (secondary N) is 1. The molecule has 2 heterocycles. The van der Waals surface area contributed by atoms with Crippen molar-refractivity contribution in [3.8, 4) is 0 Å². The Labute approximate surface area is 68.7 Å². The highest BCUT2D eigenvalue weighted by Gasteiger charge is 2.31. The second-order valence-corrected chi connectivity index (χ2v) is 2.95. The van der Waals surface area contributed by atoms with Crippen LogP contribution in [0.25, 0.3) is 0 Å². The van der Waals surface area contributed by atoms with E-state index in [0.717, 1.165) is 11.3 Å². The molecule has 5 heteroatoms. The third kappa shape index (κ3) is 0.939. The maximum Gasteiger partial charge on any atom is 0.407 e. The highest BCUT2D eigenvalue weighted by atomic mass is 16.4. The second-order valence-electron chi connectivity index (χ2n) is 2.95. The van der Waals surface area contributed by atoms with E-state index in [1.807, 2.05) is 0 Å². The number of carboxylic acid groups (broad SMARTS) is 1. The van der Waals surface area contributed by atoms with Gasteiger partial charge in [-0.05, 0) is 5.57 Å². The fraction of sp³-hybridized carbons (Fsp3) is 0.429. The highest BCUT2D eigenvalue weighted by Crippen LogP contribution is 2.22. The predicted molar refractivity (Wildman–Crippen MR) is 39.4 cm³/mol. The molecule has 0 aromatic rings. The van der Waals surface area contributed by atoms with Gasteiger partial charge in [-0.15, -0.1) is 0 Å². The Kier molecular flexibility index (Phi) is 1.33. The fourth-order valence-corrected chi connectivity index (χ4v) is 1.52. The quantitative estimate of drug-likeness (QED) is 0.524. The summed E-state index contributed by atoms with van der Waals surface area (Å²) in [5.74, 6) is -0.0231. The van der Waals surface area contributed by atoms with Crippen molar-refractivity contribution >= 4 is 12.0 Å². The zero-order valence-corrected chi connectivity index (χ0v) is 6.33. The maximum absolute atomic E-state index is 10.8. The first kappa shape index (κ1) is 7.15. The molecule has 2 rings (SSSR count). The largest absolute Gasteiger partial charge is 0.465 e. The summed E-state index contributed by atoms with van der Waals surface area (Å²) < 4.78 is 0. The molecule has 0 spiro atoms. The van der Waals surface area contributed by atoms with E-state index >= 15 is 0 Å². The lowest BCUT2D eigenvalue weighted by Crippen LogP contribution is -2.31. The van der Waals surface area contributed by atoms with Gasteiger partial charge in [-0.3, -0.25) is 9.69 Å². The predicted octanol–water partition coefficient (Wildman–Crippen LogP) is -0.246. The van der Waals surface area contributed by atoms with E-state index in [0.29, 0.717) is 19.5 Å². The Hall–Kier alpha value is -1.52. The van der Waals surface area contributed by atoms with Crippen LogP contribution in [0.2, 0.25) is 0 Å². The molecule has 2 aliphatic heterocycles. The number of carbonyl (C=O) groups is 2. The first-order chi connectivity index (χ1) is 5.66. The van der Waals surface area contributed by atoms with Crippen molar-refractivity contribution in [3.63, 3.8) is 0 Å². The third-order valence-corrected chi connectivity index (χ3v) is 2.09. The van der Waals surface area contributed by atoms with E-state index in [-0.39, 0.29) is 5.91 Å². The number of nitrogens with zero attached hydrogens (tertiary/aromatic N) is 1. The van der Waals surface area contributed by atoms with E-state index in [1.54, 1.807) is 0 Å². The lowest BCUT2D eigenvalue weighted by atomic mass is 10.2. The van der Waals surface area contributed by atoms with Crippen LogP contribution in [0.4, 0.5) is 4.79 Å². The highest BCUT2D eigenvalue weighted by molar-refractivity contribution is 5.85. The molecule has 0 aromatic heterocycles. The number of rotatable bonds is 0. The van der Waals surface area contributed by atoms with E-state index in [9.17, 15) is 9.59 Å². The Morgan fingerprint density at radius 2 is 2.25 bits per heavy atom. The summed E-state index contributed by atoms with van der Waals surface area (Å²) in [5.41, 5.74) is 1.70. The van der Waals surface area contributed by atoms with Gasteiger partial charge in [-0.2, -0.15) is 0 Å². The molecule has 12 heavy (non-hydrogen) atoms.